The molecule has 2 unspecified atom stereocenters. The Hall–Kier alpha value is -1.54. The summed E-state index contributed by atoms with van der Waals surface area (Å²) >= 11 is 0. The van der Waals surface area contributed by atoms with Gasteiger partial charge in [-0.1, -0.05) is 191 Å². The fourth-order valence-electron chi connectivity index (χ4n) is 6.22. The van der Waals surface area contributed by atoms with Gasteiger partial charge in [0, 0.05) is 19.6 Å². The van der Waals surface area contributed by atoms with E-state index >= 15 is 0 Å². The fraction of sp³-hybridized carbons (Fsp3) is 0.804. The maximum Gasteiger partial charge on any atom is 0.472 e. The normalized spacial score (nSPS) is 13.9. The molecule has 0 saturated heterocycles. The Balaban J connectivity index is 4.01. The number of phosphoric acid groups is 1. The molecule has 0 amide bonds. The predicted octanol–water partition coefficient (Wildman–Crippen LogP) is 13.6. The molecule has 0 spiro atoms. The first kappa shape index (κ1) is 53.5. The molecule has 0 aromatic carbocycles. The maximum absolute atomic E-state index is 12.6. The van der Waals surface area contributed by atoms with Crippen molar-refractivity contribution in [3.63, 3.8) is 0 Å². The minimum absolute atomic E-state index is 0.0931. The van der Waals surface area contributed by atoms with Crippen molar-refractivity contribution in [1.82, 2.24) is 0 Å². The number of carbonyl (C=O) groups is 1. The molecule has 8 nitrogen and oxygen atoms in total. The number of hydrogen-bond donors (Lipinski definition) is 2. The lowest BCUT2D eigenvalue weighted by Crippen LogP contribution is -2.28. The van der Waals surface area contributed by atoms with E-state index in [1.165, 1.54) is 122 Å². The minimum atomic E-state index is -4.29. The second-order valence-electron chi connectivity index (χ2n) is 14.9. The van der Waals surface area contributed by atoms with Gasteiger partial charge in [0.05, 0.1) is 19.8 Å². The number of nitrogens with two attached hydrogens (primary N) is 1. The van der Waals surface area contributed by atoms with Gasteiger partial charge in [0.1, 0.15) is 6.10 Å². The molecule has 0 aliphatic rings. The molecule has 322 valence electrons. The number of unbranched alkanes of at least 4 members (excludes halogenated alkanes) is 22. The molecular formula is C46H86NO7P. The third-order valence-electron chi connectivity index (χ3n) is 9.51. The van der Waals surface area contributed by atoms with Crippen molar-refractivity contribution in [2.75, 3.05) is 33.0 Å². The minimum Gasteiger partial charge on any atom is -0.457 e. The number of ether oxygens (including phenoxy) is 2. The van der Waals surface area contributed by atoms with Crippen LogP contribution in [-0.4, -0.2) is 49.9 Å². The number of carbonyl (C=O) groups excluding carboxylic acids is 1. The highest BCUT2D eigenvalue weighted by atomic mass is 31.2. The SMILES string of the molecule is CC/C=C\C/C=C\C/C=C\C/C=C\CCCCC(=O)OC(COCCCCCCCCCCCCCCCCCCCCCCC)COP(=O)(O)OCCN. The molecule has 0 bridgehead atoms. The Morgan fingerprint density at radius 3 is 1.49 bits per heavy atom. The summed E-state index contributed by atoms with van der Waals surface area (Å²) in [5.74, 6) is -0.368. The largest absolute Gasteiger partial charge is 0.472 e. The zero-order valence-corrected chi connectivity index (χ0v) is 36.6. The number of hydrogen-bond acceptors (Lipinski definition) is 7. The summed E-state index contributed by atoms with van der Waals surface area (Å²) in [5, 5.41) is 0. The Morgan fingerprint density at radius 2 is 1.02 bits per heavy atom. The van der Waals surface area contributed by atoms with Gasteiger partial charge in [-0.3, -0.25) is 13.8 Å². The van der Waals surface area contributed by atoms with E-state index < -0.39 is 13.9 Å². The lowest BCUT2D eigenvalue weighted by atomic mass is 10.0. The van der Waals surface area contributed by atoms with Gasteiger partial charge < -0.3 is 20.1 Å². The van der Waals surface area contributed by atoms with Gasteiger partial charge in [-0.2, -0.15) is 0 Å². The molecule has 0 radical (unpaired) electrons. The van der Waals surface area contributed by atoms with E-state index in [2.05, 4.69) is 62.5 Å². The average Bonchev–Trinajstić information content (AvgIpc) is 3.17. The van der Waals surface area contributed by atoms with Crippen LogP contribution in [0.5, 0.6) is 0 Å². The molecule has 55 heavy (non-hydrogen) atoms. The summed E-state index contributed by atoms with van der Waals surface area (Å²) in [5.41, 5.74) is 5.37. The molecule has 2 atom stereocenters. The number of rotatable bonds is 43. The van der Waals surface area contributed by atoms with E-state index in [0.717, 1.165) is 51.4 Å². The van der Waals surface area contributed by atoms with Crippen LogP contribution in [0.25, 0.3) is 0 Å². The first-order chi connectivity index (χ1) is 26.9. The molecule has 0 rings (SSSR count). The van der Waals surface area contributed by atoms with E-state index in [4.69, 9.17) is 24.3 Å². The topological polar surface area (TPSA) is 117 Å². The van der Waals surface area contributed by atoms with Crippen LogP contribution in [0.2, 0.25) is 0 Å². The molecule has 0 aliphatic carbocycles. The summed E-state index contributed by atoms with van der Waals surface area (Å²) in [7, 11) is -4.29. The maximum atomic E-state index is 12.6. The summed E-state index contributed by atoms with van der Waals surface area (Å²) < 4.78 is 33.4. The highest BCUT2D eigenvalue weighted by Crippen LogP contribution is 2.43. The van der Waals surface area contributed by atoms with E-state index in [0.29, 0.717) is 13.0 Å². The van der Waals surface area contributed by atoms with Gasteiger partial charge in [-0.15, -0.1) is 0 Å². The first-order valence-corrected chi connectivity index (χ1v) is 24.1. The van der Waals surface area contributed by atoms with Gasteiger partial charge in [0.25, 0.3) is 0 Å². The number of allylic oxidation sites excluding steroid dienone is 8. The quantitative estimate of drug-likeness (QED) is 0.0271. The third kappa shape index (κ3) is 43.4. The Bertz CT molecular complexity index is 983. The summed E-state index contributed by atoms with van der Waals surface area (Å²) in [4.78, 5) is 22.5. The Kier molecular flexibility index (Phi) is 42.4. The molecule has 0 aromatic rings. The Labute approximate surface area is 339 Å². The van der Waals surface area contributed by atoms with Crippen LogP contribution in [0.1, 0.15) is 200 Å². The van der Waals surface area contributed by atoms with Crippen molar-refractivity contribution in [1.29, 1.82) is 0 Å². The van der Waals surface area contributed by atoms with Crippen molar-refractivity contribution < 1.29 is 32.8 Å². The van der Waals surface area contributed by atoms with Crippen LogP contribution in [-0.2, 0) is 27.9 Å². The molecule has 0 saturated carbocycles. The van der Waals surface area contributed by atoms with Crippen LogP contribution in [0.15, 0.2) is 48.6 Å². The van der Waals surface area contributed by atoms with Crippen molar-refractivity contribution in [3.8, 4) is 0 Å². The van der Waals surface area contributed by atoms with E-state index in [-0.39, 0.29) is 38.8 Å². The van der Waals surface area contributed by atoms with Gasteiger partial charge in [0.15, 0.2) is 0 Å². The zero-order chi connectivity index (χ0) is 40.2. The molecule has 9 heteroatoms. The second-order valence-corrected chi connectivity index (χ2v) is 16.3. The van der Waals surface area contributed by atoms with Crippen LogP contribution in [0, 0.1) is 0 Å². The zero-order valence-electron chi connectivity index (χ0n) is 35.7. The van der Waals surface area contributed by atoms with E-state index in [1.807, 2.05) is 0 Å². The molecule has 3 N–H and O–H groups in total. The fourth-order valence-corrected chi connectivity index (χ4v) is 6.99. The number of esters is 1. The third-order valence-corrected chi connectivity index (χ3v) is 10.5. The molecule has 0 heterocycles. The predicted molar refractivity (Wildman–Crippen MR) is 233 cm³/mol. The van der Waals surface area contributed by atoms with Crippen molar-refractivity contribution in [3.05, 3.63) is 48.6 Å². The number of phosphoric ester groups is 1. The lowest BCUT2D eigenvalue weighted by molar-refractivity contribution is -0.154. The summed E-state index contributed by atoms with van der Waals surface area (Å²) in [6.07, 6.45) is 51.4. The average molecular weight is 796 g/mol. The van der Waals surface area contributed by atoms with Crippen LogP contribution >= 0.6 is 7.82 Å². The molecule has 0 aromatic heterocycles. The van der Waals surface area contributed by atoms with Crippen molar-refractivity contribution in [2.24, 2.45) is 5.73 Å². The van der Waals surface area contributed by atoms with E-state index in [1.54, 1.807) is 0 Å². The van der Waals surface area contributed by atoms with Crippen molar-refractivity contribution >= 4 is 13.8 Å². The van der Waals surface area contributed by atoms with Gasteiger partial charge in [0.2, 0.25) is 0 Å². The smallest absolute Gasteiger partial charge is 0.457 e. The molecular weight excluding hydrogens is 709 g/mol. The Morgan fingerprint density at radius 1 is 0.564 bits per heavy atom. The molecule has 0 aliphatic heterocycles. The second kappa shape index (κ2) is 43.6. The van der Waals surface area contributed by atoms with Crippen LogP contribution in [0.3, 0.4) is 0 Å². The van der Waals surface area contributed by atoms with Gasteiger partial charge >= 0.3 is 13.8 Å². The summed E-state index contributed by atoms with van der Waals surface area (Å²) in [6.45, 7) is 4.77. The lowest BCUT2D eigenvalue weighted by Gasteiger charge is -2.20. The summed E-state index contributed by atoms with van der Waals surface area (Å²) in [6, 6.07) is 0. The van der Waals surface area contributed by atoms with Crippen molar-refractivity contribution in [2.45, 2.75) is 206 Å². The van der Waals surface area contributed by atoms with Crippen LogP contribution in [0.4, 0.5) is 0 Å². The van der Waals surface area contributed by atoms with E-state index in [9.17, 15) is 14.3 Å². The first-order valence-electron chi connectivity index (χ1n) is 22.6. The van der Waals surface area contributed by atoms with Gasteiger partial charge in [-0.25, -0.2) is 4.57 Å². The monoisotopic (exact) mass is 796 g/mol. The standard InChI is InChI=1S/C46H86NO7P/c1-3-5-7-9-11-13-15-17-19-20-21-22-23-24-26-28-30-32-34-36-38-41-51-43-45(44-53-55(49,50)52-42-40-47)54-46(48)39-37-35-33-31-29-27-25-18-16-14-12-10-8-6-4-2/h6,8,12,14,18,25,29,31,45H,3-5,7,9-11,13,15-17,19-24,26-28,30,32-44,47H2,1-2H3,(H,49,50)/b8-6-,14-12-,25-18-,31-29-. The highest BCUT2D eigenvalue weighted by Gasteiger charge is 2.25. The molecule has 0 fully saturated rings. The highest BCUT2D eigenvalue weighted by molar-refractivity contribution is 7.47. The van der Waals surface area contributed by atoms with Gasteiger partial charge in [-0.05, 0) is 51.4 Å². The van der Waals surface area contributed by atoms with Crippen LogP contribution < -0.4 is 5.73 Å².